The molecule has 7 heteroatoms. The Morgan fingerprint density at radius 3 is 2.27 bits per heavy atom. The first-order valence-corrected chi connectivity index (χ1v) is 8.17. The normalized spacial score (nSPS) is 11.2. The Hall–Kier alpha value is -3.48. The van der Waals surface area contributed by atoms with Gasteiger partial charge in [0.1, 0.15) is 0 Å². The fraction of sp³-hybridized carbons (Fsp3) is 0.158. The van der Waals surface area contributed by atoms with Gasteiger partial charge in [-0.15, -0.1) is 0 Å². The van der Waals surface area contributed by atoms with Gasteiger partial charge >= 0.3 is 0 Å². The van der Waals surface area contributed by atoms with Gasteiger partial charge in [-0.3, -0.25) is 14.6 Å². The number of rotatable bonds is 3. The molecule has 4 aromatic heterocycles. The molecule has 0 saturated heterocycles. The van der Waals surface area contributed by atoms with Gasteiger partial charge < -0.3 is 9.58 Å². The van der Waals surface area contributed by atoms with E-state index in [0.29, 0.717) is 28.4 Å². The van der Waals surface area contributed by atoms with Gasteiger partial charge in [0.2, 0.25) is 0 Å². The zero-order valence-corrected chi connectivity index (χ0v) is 14.5. The van der Waals surface area contributed by atoms with E-state index in [9.17, 15) is 9.59 Å². The number of aromatic nitrogens is 4. The summed E-state index contributed by atoms with van der Waals surface area (Å²) in [5.41, 5.74) is 1.76. The molecule has 0 radical (unpaired) electrons. The lowest BCUT2D eigenvalue weighted by molar-refractivity contribution is 0.706. The van der Waals surface area contributed by atoms with Crippen molar-refractivity contribution in [1.29, 1.82) is 0 Å². The first-order valence-electron chi connectivity index (χ1n) is 8.17. The first-order chi connectivity index (χ1) is 12.5. The summed E-state index contributed by atoms with van der Waals surface area (Å²) in [6.45, 7) is 0.437. The minimum atomic E-state index is -0.203. The van der Waals surface area contributed by atoms with Crippen LogP contribution >= 0.6 is 0 Å². The molecule has 0 N–H and O–H groups in total. The predicted molar refractivity (Wildman–Crippen MR) is 101 cm³/mol. The number of hydrogen-bond donors (Lipinski definition) is 0. The van der Waals surface area contributed by atoms with Crippen LogP contribution in [0, 0.1) is 0 Å². The molecule has 0 aliphatic rings. The lowest BCUT2D eigenvalue weighted by atomic mass is 10.2. The van der Waals surface area contributed by atoms with E-state index in [1.54, 1.807) is 66.7 Å². The van der Waals surface area contributed by atoms with Gasteiger partial charge in [-0.1, -0.05) is 0 Å². The molecule has 0 atom stereocenters. The van der Waals surface area contributed by atoms with Crippen LogP contribution in [-0.2, 0) is 6.54 Å². The fourth-order valence-corrected chi connectivity index (χ4v) is 2.98. The third-order valence-electron chi connectivity index (χ3n) is 4.33. The van der Waals surface area contributed by atoms with E-state index in [4.69, 9.17) is 0 Å². The van der Waals surface area contributed by atoms with Crippen LogP contribution in [-0.4, -0.2) is 33.3 Å². The molecule has 4 aromatic rings. The van der Waals surface area contributed by atoms with Crippen molar-refractivity contribution >= 4 is 21.8 Å². The van der Waals surface area contributed by atoms with Gasteiger partial charge in [0.15, 0.2) is 0 Å². The van der Waals surface area contributed by atoms with Crippen molar-refractivity contribution < 1.29 is 0 Å². The molecule has 0 saturated carbocycles. The van der Waals surface area contributed by atoms with Crippen molar-refractivity contribution in [1.82, 2.24) is 19.2 Å². The highest BCUT2D eigenvalue weighted by molar-refractivity contribution is 5.91. The Balaban J connectivity index is 1.93. The Labute approximate surface area is 148 Å². The van der Waals surface area contributed by atoms with Crippen LogP contribution < -0.4 is 16.1 Å². The van der Waals surface area contributed by atoms with Crippen LogP contribution in [0.4, 0.5) is 0 Å². The molecule has 0 unspecified atom stereocenters. The van der Waals surface area contributed by atoms with Crippen LogP contribution in [0.25, 0.3) is 21.8 Å². The SMILES string of the molecule is CN(C)n1ccc2nc3ccn(Cc4ccncc4)c(=O)c3cc2c1=O. The smallest absolute Gasteiger partial charge is 0.278 e. The maximum Gasteiger partial charge on any atom is 0.278 e. The minimum absolute atomic E-state index is 0.173. The highest BCUT2D eigenvalue weighted by Gasteiger charge is 2.10. The number of nitrogens with zero attached hydrogens (tertiary/aromatic N) is 5. The van der Waals surface area contributed by atoms with E-state index >= 15 is 0 Å². The highest BCUT2D eigenvalue weighted by atomic mass is 16.1. The summed E-state index contributed by atoms with van der Waals surface area (Å²) in [6, 6.07) is 8.95. The lowest BCUT2D eigenvalue weighted by Crippen LogP contribution is -2.35. The molecule has 0 aromatic carbocycles. The minimum Gasteiger partial charge on any atom is -0.316 e. The summed E-state index contributed by atoms with van der Waals surface area (Å²) >= 11 is 0. The topological polar surface area (TPSA) is 73.0 Å². The largest absolute Gasteiger partial charge is 0.316 e. The number of fused-ring (bicyclic) bond motifs is 2. The van der Waals surface area contributed by atoms with Crippen LogP contribution in [0.5, 0.6) is 0 Å². The Kier molecular flexibility index (Phi) is 3.76. The summed E-state index contributed by atoms with van der Waals surface area (Å²) in [6.07, 6.45) is 6.79. The van der Waals surface area contributed by atoms with Crippen molar-refractivity contribution in [3.8, 4) is 0 Å². The predicted octanol–water partition coefficient (Wildman–Crippen LogP) is 1.35. The molecule has 7 nitrogen and oxygen atoms in total. The first kappa shape index (κ1) is 16.0. The summed E-state index contributed by atoms with van der Waals surface area (Å²) in [7, 11) is 3.56. The van der Waals surface area contributed by atoms with Gasteiger partial charge in [-0.25, -0.2) is 9.66 Å². The summed E-state index contributed by atoms with van der Waals surface area (Å²) in [5.74, 6) is 0. The zero-order valence-electron chi connectivity index (χ0n) is 14.5. The van der Waals surface area contributed by atoms with Crippen molar-refractivity contribution in [3.63, 3.8) is 0 Å². The van der Waals surface area contributed by atoms with Crippen LogP contribution in [0.15, 0.2) is 64.7 Å². The third kappa shape index (κ3) is 2.63. The Morgan fingerprint density at radius 1 is 0.923 bits per heavy atom. The molecule has 0 fully saturated rings. The van der Waals surface area contributed by atoms with Gasteiger partial charge in [0, 0.05) is 38.9 Å². The van der Waals surface area contributed by atoms with Crippen molar-refractivity contribution in [2.24, 2.45) is 0 Å². The molecule has 0 amide bonds. The van der Waals surface area contributed by atoms with Gasteiger partial charge in [0.05, 0.1) is 28.4 Å². The third-order valence-corrected chi connectivity index (χ3v) is 4.33. The molecule has 130 valence electrons. The van der Waals surface area contributed by atoms with Gasteiger partial charge in [-0.2, -0.15) is 0 Å². The second kappa shape index (κ2) is 6.11. The van der Waals surface area contributed by atoms with Crippen molar-refractivity contribution in [2.75, 3.05) is 19.1 Å². The second-order valence-electron chi connectivity index (χ2n) is 6.27. The van der Waals surface area contributed by atoms with Crippen molar-refractivity contribution in [3.05, 3.63) is 81.4 Å². The standard InChI is InChI=1S/C19H17N5O2/c1-22(2)24-10-6-17-15(19(24)26)11-14-16(21-17)5-9-23(18(14)25)12-13-3-7-20-8-4-13/h3-11H,12H2,1-2H3. The van der Waals surface area contributed by atoms with E-state index in [0.717, 1.165) is 5.56 Å². The van der Waals surface area contributed by atoms with E-state index in [2.05, 4.69) is 9.97 Å². The molecule has 26 heavy (non-hydrogen) atoms. The molecule has 4 heterocycles. The quantitative estimate of drug-likeness (QED) is 0.523. The average Bonchev–Trinajstić information content (AvgIpc) is 2.64. The van der Waals surface area contributed by atoms with E-state index in [1.165, 1.54) is 4.68 Å². The maximum atomic E-state index is 12.9. The van der Waals surface area contributed by atoms with Crippen LogP contribution in [0.1, 0.15) is 5.56 Å². The average molecular weight is 347 g/mol. The Bertz CT molecular complexity index is 1230. The molecule has 0 bridgehead atoms. The summed E-state index contributed by atoms with van der Waals surface area (Å²) in [5, 5.41) is 2.54. The lowest BCUT2D eigenvalue weighted by Gasteiger charge is -2.16. The molecule has 0 aliphatic carbocycles. The number of hydrogen-bond acceptors (Lipinski definition) is 5. The van der Waals surface area contributed by atoms with Crippen LogP contribution in [0.3, 0.4) is 0 Å². The van der Waals surface area contributed by atoms with E-state index in [1.807, 2.05) is 12.1 Å². The molecule has 0 aliphatic heterocycles. The molecule has 0 spiro atoms. The Morgan fingerprint density at radius 2 is 1.58 bits per heavy atom. The molecular formula is C19H17N5O2. The molecule has 4 rings (SSSR count). The maximum absolute atomic E-state index is 12.9. The van der Waals surface area contributed by atoms with E-state index in [-0.39, 0.29) is 11.1 Å². The molecular weight excluding hydrogens is 330 g/mol. The summed E-state index contributed by atoms with van der Waals surface area (Å²) in [4.78, 5) is 34.0. The van der Waals surface area contributed by atoms with Gasteiger partial charge in [0.25, 0.3) is 11.1 Å². The van der Waals surface area contributed by atoms with Crippen LogP contribution in [0.2, 0.25) is 0 Å². The number of pyridine rings is 4. The van der Waals surface area contributed by atoms with E-state index < -0.39 is 0 Å². The zero-order chi connectivity index (χ0) is 18.3. The van der Waals surface area contributed by atoms with Gasteiger partial charge in [-0.05, 0) is 35.9 Å². The fourth-order valence-electron chi connectivity index (χ4n) is 2.98. The second-order valence-corrected chi connectivity index (χ2v) is 6.27. The van der Waals surface area contributed by atoms with Crippen molar-refractivity contribution in [2.45, 2.75) is 6.54 Å². The monoisotopic (exact) mass is 347 g/mol. The summed E-state index contributed by atoms with van der Waals surface area (Å²) < 4.78 is 3.09. The highest BCUT2D eigenvalue weighted by Crippen LogP contribution is 2.14.